The highest BCUT2D eigenvalue weighted by molar-refractivity contribution is 9.10. The average Bonchev–Trinajstić information content (AvgIpc) is 2.46. The van der Waals surface area contributed by atoms with Gasteiger partial charge < -0.3 is 5.73 Å². The molecule has 15 heavy (non-hydrogen) atoms. The van der Waals surface area contributed by atoms with Crippen molar-refractivity contribution < 1.29 is 0 Å². The number of rotatable bonds is 1. The lowest BCUT2D eigenvalue weighted by Gasteiger charge is -2.03. The van der Waals surface area contributed by atoms with Crippen molar-refractivity contribution >= 4 is 33.3 Å². The molecule has 0 amide bonds. The van der Waals surface area contributed by atoms with Crippen LogP contribution in [-0.4, -0.2) is 14.8 Å². The van der Waals surface area contributed by atoms with Crippen LogP contribution in [-0.2, 0) is 0 Å². The van der Waals surface area contributed by atoms with Crippen molar-refractivity contribution in [3.05, 3.63) is 33.5 Å². The van der Waals surface area contributed by atoms with Gasteiger partial charge >= 0.3 is 0 Å². The molecule has 0 bridgehead atoms. The Labute approximate surface area is 100 Å². The fraction of sp³-hybridized carbons (Fsp3) is 0.111. The Morgan fingerprint density at radius 3 is 2.80 bits per heavy atom. The molecule has 0 saturated heterocycles. The van der Waals surface area contributed by atoms with E-state index < -0.39 is 0 Å². The Balaban J connectivity index is 2.54. The van der Waals surface area contributed by atoms with E-state index in [1.54, 1.807) is 17.1 Å². The predicted octanol–water partition coefficient (Wildman–Crippen LogP) is 2.57. The van der Waals surface area contributed by atoms with Gasteiger partial charge in [-0.1, -0.05) is 11.6 Å². The monoisotopic (exact) mass is 286 g/mol. The van der Waals surface area contributed by atoms with Gasteiger partial charge in [0.25, 0.3) is 0 Å². The molecule has 78 valence electrons. The van der Waals surface area contributed by atoms with Gasteiger partial charge in [-0.25, -0.2) is 9.67 Å². The number of nitrogens with zero attached hydrogens (tertiary/aromatic N) is 3. The van der Waals surface area contributed by atoms with Crippen LogP contribution in [0.3, 0.4) is 0 Å². The minimum absolute atomic E-state index is 0.297. The second kappa shape index (κ2) is 3.83. The zero-order valence-corrected chi connectivity index (χ0v) is 10.2. The van der Waals surface area contributed by atoms with E-state index in [2.05, 4.69) is 26.0 Å². The molecule has 0 aliphatic carbocycles. The van der Waals surface area contributed by atoms with Crippen LogP contribution in [0.5, 0.6) is 0 Å². The quantitative estimate of drug-likeness (QED) is 0.877. The smallest absolute Gasteiger partial charge is 0.167 e. The van der Waals surface area contributed by atoms with Gasteiger partial charge in [0.15, 0.2) is 11.6 Å². The Kier molecular flexibility index (Phi) is 2.67. The van der Waals surface area contributed by atoms with Crippen molar-refractivity contribution in [3.8, 4) is 5.82 Å². The summed E-state index contributed by atoms with van der Waals surface area (Å²) in [6.07, 6.45) is 3.38. The van der Waals surface area contributed by atoms with Crippen LogP contribution in [0, 0.1) is 6.92 Å². The summed E-state index contributed by atoms with van der Waals surface area (Å²) in [5, 5.41) is 4.46. The number of hydrogen-bond acceptors (Lipinski definition) is 3. The molecule has 0 atom stereocenters. The van der Waals surface area contributed by atoms with Gasteiger partial charge in [0.05, 0.1) is 10.7 Å². The molecule has 2 rings (SSSR count). The summed E-state index contributed by atoms with van der Waals surface area (Å²) >= 11 is 9.22. The van der Waals surface area contributed by atoms with Crippen LogP contribution in [0.1, 0.15) is 5.56 Å². The van der Waals surface area contributed by atoms with E-state index in [1.165, 1.54) is 0 Å². The van der Waals surface area contributed by atoms with Crippen molar-refractivity contribution in [2.45, 2.75) is 6.92 Å². The van der Waals surface area contributed by atoms with Crippen molar-refractivity contribution in [1.82, 2.24) is 14.8 Å². The maximum Gasteiger partial charge on any atom is 0.167 e. The summed E-state index contributed by atoms with van der Waals surface area (Å²) in [6.45, 7) is 1.96. The van der Waals surface area contributed by atoms with E-state index in [1.807, 2.05) is 13.0 Å². The summed E-state index contributed by atoms with van der Waals surface area (Å²) in [4.78, 5) is 4.24. The van der Waals surface area contributed by atoms with E-state index in [0.717, 1.165) is 10.0 Å². The lowest BCUT2D eigenvalue weighted by Crippen LogP contribution is -2.00. The number of aromatic nitrogens is 3. The number of anilines is 1. The molecule has 0 aliphatic heterocycles. The molecule has 0 unspecified atom stereocenters. The fourth-order valence-electron chi connectivity index (χ4n) is 1.17. The second-order valence-electron chi connectivity index (χ2n) is 3.12. The number of pyridine rings is 1. The molecule has 2 aromatic rings. The molecule has 0 aromatic carbocycles. The number of halogens is 2. The van der Waals surface area contributed by atoms with Gasteiger partial charge in [0, 0.05) is 6.20 Å². The normalized spacial score (nSPS) is 10.6. The summed E-state index contributed by atoms with van der Waals surface area (Å²) in [5.74, 6) is 0.963. The Morgan fingerprint density at radius 1 is 1.53 bits per heavy atom. The number of nitrogens with two attached hydrogens (primary N) is 1. The van der Waals surface area contributed by atoms with Crippen LogP contribution in [0.2, 0.25) is 5.02 Å². The number of nitrogen functional groups attached to an aromatic ring is 1. The highest BCUT2D eigenvalue weighted by Crippen LogP contribution is 2.23. The van der Waals surface area contributed by atoms with Crippen LogP contribution in [0.25, 0.3) is 5.82 Å². The van der Waals surface area contributed by atoms with Crippen LogP contribution in [0.4, 0.5) is 5.82 Å². The molecule has 0 radical (unpaired) electrons. The fourth-order valence-corrected chi connectivity index (χ4v) is 1.94. The summed E-state index contributed by atoms with van der Waals surface area (Å²) in [7, 11) is 0. The first kappa shape index (κ1) is 10.4. The van der Waals surface area contributed by atoms with Gasteiger partial charge in [-0.2, -0.15) is 0 Å². The first-order valence-electron chi connectivity index (χ1n) is 4.21. The Hall–Kier alpha value is -1.07. The average molecular weight is 288 g/mol. The molecular formula is C9H8BrClN4. The second-order valence-corrected chi connectivity index (χ2v) is 4.39. The van der Waals surface area contributed by atoms with E-state index in [9.17, 15) is 0 Å². The Bertz CT molecular complexity index is 489. The summed E-state index contributed by atoms with van der Waals surface area (Å²) < 4.78 is 2.39. The first-order valence-corrected chi connectivity index (χ1v) is 5.38. The zero-order valence-electron chi connectivity index (χ0n) is 7.91. The molecule has 2 N–H and O–H groups in total. The minimum Gasteiger partial charge on any atom is -0.381 e. The van der Waals surface area contributed by atoms with Crippen LogP contribution < -0.4 is 5.73 Å². The standard InChI is InChI=1S/C9H8BrClN4/c1-5-2-6(10)9(13-3-5)15-4-7(11)8(12)14-15/h2-4H,1H3,(H2,12,14). The molecular weight excluding hydrogens is 279 g/mol. The van der Waals surface area contributed by atoms with Gasteiger partial charge in [0.2, 0.25) is 0 Å². The molecule has 0 fully saturated rings. The molecule has 2 aromatic heterocycles. The van der Waals surface area contributed by atoms with Crippen molar-refractivity contribution in [2.75, 3.05) is 5.73 Å². The van der Waals surface area contributed by atoms with Gasteiger partial charge in [-0.3, -0.25) is 0 Å². The third-order valence-corrected chi connectivity index (χ3v) is 2.75. The van der Waals surface area contributed by atoms with Crippen molar-refractivity contribution in [1.29, 1.82) is 0 Å². The van der Waals surface area contributed by atoms with Crippen LogP contribution >= 0.6 is 27.5 Å². The predicted molar refractivity (Wildman–Crippen MR) is 63.2 cm³/mol. The molecule has 0 aliphatic rings. The molecule has 0 spiro atoms. The lowest BCUT2D eigenvalue weighted by atomic mass is 10.3. The largest absolute Gasteiger partial charge is 0.381 e. The van der Waals surface area contributed by atoms with Gasteiger partial charge in [-0.15, -0.1) is 5.10 Å². The highest BCUT2D eigenvalue weighted by Gasteiger charge is 2.08. The maximum absolute atomic E-state index is 5.81. The first-order chi connectivity index (χ1) is 7.08. The van der Waals surface area contributed by atoms with Crippen molar-refractivity contribution in [2.24, 2.45) is 0 Å². The third kappa shape index (κ3) is 1.98. The Morgan fingerprint density at radius 2 is 2.27 bits per heavy atom. The molecule has 4 nitrogen and oxygen atoms in total. The zero-order chi connectivity index (χ0) is 11.0. The van der Waals surface area contributed by atoms with Crippen LogP contribution in [0.15, 0.2) is 22.9 Å². The molecule has 6 heteroatoms. The third-order valence-electron chi connectivity index (χ3n) is 1.87. The van der Waals surface area contributed by atoms with Gasteiger partial charge in [-0.05, 0) is 34.5 Å². The lowest BCUT2D eigenvalue weighted by molar-refractivity contribution is 0.844. The van der Waals surface area contributed by atoms with Gasteiger partial charge in [0.1, 0.15) is 5.02 Å². The van der Waals surface area contributed by atoms with E-state index >= 15 is 0 Å². The molecule has 0 saturated carbocycles. The van der Waals surface area contributed by atoms with Crippen molar-refractivity contribution in [3.63, 3.8) is 0 Å². The highest BCUT2D eigenvalue weighted by atomic mass is 79.9. The summed E-state index contributed by atoms with van der Waals surface area (Å²) in [6, 6.07) is 1.95. The van der Waals surface area contributed by atoms with E-state index in [0.29, 0.717) is 16.7 Å². The van der Waals surface area contributed by atoms with E-state index in [-0.39, 0.29) is 0 Å². The SMILES string of the molecule is Cc1cnc(-n2cc(Cl)c(N)n2)c(Br)c1. The minimum atomic E-state index is 0.297. The van der Waals surface area contributed by atoms with E-state index in [4.69, 9.17) is 17.3 Å². The summed E-state index contributed by atoms with van der Waals surface area (Å²) in [5.41, 5.74) is 6.62. The number of aryl methyl sites for hydroxylation is 1. The number of hydrogen-bond donors (Lipinski definition) is 1. The topological polar surface area (TPSA) is 56.7 Å². The molecule has 2 heterocycles. The maximum atomic E-state index is 5.81.